The molecule has 135 heavy (non-hydrogen) atoms. The first-order chi connectivity index (χ1) is 64.0. The Balaban J connectivity index is 0.000000171. The van der Waals surface area contributed by atoms with Gasteiger partial charge in [-0.3, -0.25) is 57.4 Å². The number of nitriles is 3. The first-order valence-electron chi connectivity index (χ1n) is 41.3. The lowest BCUT2D eigenvalue weighted by molar-refractivity contribution is -0.127. The molecule has 0 unspecified atom stereocenters. The summed E-state index contributed by atoms with van der Waals surface area (Å²) in [5, 5.41) is 27.8. The molecule has 0 saturated carbocycles. The predicted octanol–water partition coefficient (Wildman–Crippen LogP) is 17.7. The molecular formula is C93H78Cl6F9N21O6. The second-order valence-corrected chi connectivity index (χ2v) is 34.6. The summed E-state index contributed by atoms with van der Waals surface area (Å²) >= 11 is 37.6. The fourth-order valence-electron chi connectivity index (χ4n) is 16.5. The maximum Gasteiger partial charge on any atom is 0.276 e. The van der Waals surface area contributed by atoms with Crippen molar-refractivity contribution in [3.63, 3.8) is 0 Å². The predicted molar refractivity (Wildman–Crippen MR) is 502 cm³/mol. The highest BCUT2D eigenvalue weighted by molar-refractivity contribution is 6.38. The van der Waals surface area contributed by atoms with Gasteiger partial charge in [-0.1, -0.05) is 131 Å². The van der Waals surface area contributed by atoms with Gasteiger partial charge in [-0.25, -0.2) is 54.5 Å². The number of nitrogens with zero attached hydrogens (tertiary/aromatic N) is 18. The molecule has 0 bridgehead atoms. The molecule has 0 atom stereocenters. The van der Waals surface area contributed by atoms with Crippen molar-refractivity contribution in [2.45, 2.75) is 80.1 Å². The number of amides is 3. The van der Waals surface area contributed by atoms with Crippen molar-refractivity contribution in [3.05, 3.63) is 257 Å². The number of nitrogens with two attached hydrogens (primary N) is 3. The van der Waals surface area contributed by atoms with Crippen molar-refractivity contribution in [2.75, 3.05) is 110 Å². The molecule has 3 fully saturated rings. The van der Waals surface area contributed by atoms with E-state index < -0.39 is 135 Å². The summed E-state index contributed by atoms with van der Waals surface area (Å²) in [7, 11) is 0. The lowest BCUT2D eigenvalue weighted by atomic mass is 10.0. The van der Waals surface area contributed by atoms with E-state index in [0.717, 1.165) is 0 Å². The van der Waals surface area contributed by atoms with Crippen LogP contribution < -0.4 is 48.6 Å². The Morgan fingerprint density at radius 2 is 0.630 bits per heavy atom. The van der Waals surface area contributed by atoms with Crippen molar-refractivity contribution < 1.29 is 53.9 Å². The Hall–Kier alpha value is -13.8. The number of pyridine rings is 9. The Morgan fingerprint density at radius 3 is 0.881 bits per heavy atom. The summed E-state index contributed by atoms with van der Waals surface area (Å²) in [5.74, 6) is -14.9. The molecule has 6 N–H and O–H groups in total. The van der Waals surface area contributed by atoms with Crippen LogP contribution in [0.3, 0.4) is 0 Å². The van der Waals surface area contributed by atoms with Gasteiger partial charge in [0.05, 0.1) is 105 Å². The zero-order chi connectivity index (χ0) is 98.7. The van der Waals surface area contributed by atoms with E-state index in [-0.39, 0.29) is 196 Å². The van der Waals surface area contributed by atoms with E-state index in [0.29, 0.717) is 50.8 Å². The number of nitrogen functional groups attached to an aromatic ring is 3. The summed E-state index contributed by atoms with van der Waals surface area (Å²) in [6, 6.07) is 15.1. The Labute approximate surface area is 794 Å². The van der Waals surface area contributed by atoms with Gasteiger partial charge in [-0.05, 0) is 110 Å². The molecule has 3 saturated heterocycles. The van der Waals surface area contributed by atoms with Crippen molar-refractivity contribution in [1.82, 2.24) is 58.3 Å². The maximum atomic E-state index is 15.4. The van der Waals surface area contributed by atoms with E-state index in [1.54, 1.807) is 87.0 Å². The number of piperazine rings is 3. The Kier molecular flexibility index (Phi) is 28.8. The van der Waals surface area contributed by atoms with E-state index >= 15 is 22.0 Å². The molecule has 15 rings (SSSR count). The minimum atomic E-state index is -1.67. The van der Waals surface area contributed by atoms with E-state index in [1.807, 2.05) is 59.8 Å². The molecule has 3 aromatic carbocycles. The van der Waals surface area contributed by atoms with Gasteiger partial charge in [0.15, 0.2) is 52.4 Å². The van der Waals surface area contributed by atoms with E-state index in [1.165, 1.54) is 50.1 Å². The topological polar surface area (TPSA) is 363 Å². The molecule has 3 amide bonds. The number of fused-ring (bicyclic) bond motifs is 3. The fraction of sp³-hybridized carbons (Fsp3) is 0.258. The van der Waals surface area contributed by atoms with Crippen LogP contribution in [-0.4, -0.2) is 155 Å². The van der Waals surface area contributed by atoms with Crippen LogP contribution in [-0.2, 0) is 14.4 Å². The summed E-state index contributed by atoms with van der Waals surface area (Å²) < 4.78 is 138. The van der Waals surface area contributed by atoms with Crippen LogP contribution in [0.1, 0.15) is 110 Å². The second kappa shape index (κ2) is 39.4. The van der Waals surface area contributed by atoms with E-state index in [2.05, 4.69) is 49.6 Å². The first kappa shape index (κ1) is 98.7. The summed E-state index contributed by atoms with van der Waals surface area (Å²) in [6.07, 6.45) is 8.35. The average Bonchev–Trinajstić information content (AvgIpc) is 0.728. The van der Waals surface area contributed by atoms with Gasteiger partial charge in [0.1, 0.15) is 78.9 Å². The zero-order valence-electron chi connectivity index (χ0n) is 73.2. The van der Waals surface area contributed by atoms with Gasteiger partial charge in [-0.2, -0.15) is 15.8 Å². The molecule has 42 heteroatoms. The van der Waals surface area contributed by atoms with Gasteiger partial charge >= 0.3 is 0 Å². The number of halogens is 15. The fourth-order valence-corrected chi connectivity index (χ4v) is 17.9. The normalized spacial score (nSPS) is 13.4. The number of hydrogen-bond donors (Lipinski definition) is 3. The van der Waals surface area contributed by atoms with Gasteiger partial charge in [0.25, 0.3) is 16.7 Å². The van der Waals surface area contributed by atoms with E-state index in [9.17, 15) is 62.1 Å². The smallest absolute Gasteiger partial charge is 0.276 e. The molecule has 696 valence electrons. The number of hydrogen-bond acceptors (Lipinski definition) is 21. The van der Waals surface area contributed by atoms with Crippen LogP contribution in [0, 0.1) is 107 Å². The highest BCUT2D eigenvalue weighted by atomic mass is 35.5. The van der Waals surface area contributed by atoms with E-state index in [4.69, 9.17) is 86.8 Å². The molecule has 27 nitrogen and oxygen atoms in total. The van der Waals surface area contributed by atoms with Gasteiger partial charge in [-0.15, -0.1) is 0 Å². The molecule has 0 aliphatic carbocycles. The standard InChI is InChI=1S/3C31H26Cl2F3N7O2/c2*1-5-19(44)41-8-10-42(11-9-41)29-16-12-18(32)27(20-22(34)21(33)24(36)25(38)23(20)35)40-30(16)43(31(45)17(29)13-37)28-15(4)6-7-39-26(28)14(2)3;1-5-19(44)41-8-10-42(11-9-41)29-16-12-18(32)27(20-21(33)23(35)24(36)25(38)22(20)34)40-30(16)43(31(45)17(29)13-37)28-15(4)6-7-39-26(28)14(2)3/h3*5-7,12,14H,1,8-11,38H2,2-4H3. The third-order valence-electron chi connectivity index (χ3n) is 23.2. The average molecular weight is 1970 g/mol. The van der Waals surface area contributed by atoms with Crippen molar-refractivity contribution >= 4 is 155 Å². The first-order valence-corrected chi connectivity index (χ1v) is 43.6. The minimum Gasteiger partial charge on any atom is -0.394 e. The molecule has 0 radical (unpaired) electrons. The van der Waals surface area contributed by atoms with Crippen molar-refractivity contribution in [2.24, 2.45) is 0 Å². The van der Waals surface area contributed by atoms with Gasteiger partial charge < -0.3 is 46.6 Å². The number of benzene rings is 3. The van der Waals surface area contributed by atoms with Crippen LogP contribution in [0.25, 0.3) is 83.9 Å². The van der Waals surface area contributed by atoms with Crippen molar-refractivity contribution in [1.29, 1.82) is 15.8 Å². The largest absolute Gasteiger partial charge is 0.394 e. The lowest BCUT2D eigenvalue weighted by Crippen LogP contribution is -2.49. The highest BCUT2D eigenvalue weighted by Gasteiger charge is 2.38. The molecule has 3 aliphatic heterocycles. The molecule has 9 aromatic heterocycles. The third kappa shape index (κ3) is 17.5. The summed E-state index contributed by atoms with van der Waals surface area (Å²) in [5.41, 5.74) is 11.2. The van der Waals surface area contributed by atoms with Gasteiger partial charge in [0, 0.05) is 113 Å². The van der Waals surface area contributed by atoms with Crippen LogP contribution in [0.15, 0.2) is 107 Å². The molecule has 0 spiro atoms. The number of aromatic nitrogens is 9. The van der Waals surface area contributed by atoms with Crippen LogP contribution in [0.2, 0.25) is 30.1 Å². The maximum absolute atomic E-state index is 15.4. The number of carbonyl (C=O) groups is 3. The highest BCUT2D eigenvalue weighted by Crippen LogP contribution is 2.48. The molecule has 12 aromatic rings. The number of anilines is 6. The lowest BCUT2D eigenvalue weighted by Gasteiger charge is -2.36. The third-order valence-corrected chi connectivity index (χ3v) is 25.1. The number of aryl methyl sites for hydroxylation is 3. The van der Waals surface area contributed by atoms with Crippen LogP contribution in [0.5, 0.6) is 0 Å². The number of carbonyl (C=O) groups excluding carboxylic acids is 3. The number of rotatable bonds is 15. The van der Waals surface area contributed by atoms with Crippen LogP contribution >= 0.6 is 69.6 Å². The SMILES string of the molecule is C=CC(=O)N1CCN(c2c(C#N)c(=O)n(-c3c(C)ccnc3C(C)C)c3nc(-c4c(F)c(N)c(F)c(Cl)c4F)c(Cl)cc23)CC1.C=CC(=O)N1CCN(c2c(C#N)c(=O)n(-c3c(C)ccnc3C(C)C)c3nc(-c4c(F)c(N)c(F)c(Cl)c4F)c(Cl)cc23)CC1.C=CC(=O)N1CCN(c2c(C#N)c(=O)n(-c3c(C)ccnc3C(C)C)c3nc(-c4c(F)c(N)c(F)c(F)c4Cl)c(Cl)cc23)CC1. The summed E-state index contributed by atoms with van der Waals surface area (Å²) in [6.45, 7) is 30.1. The monoisotopic (exact) mass is 1970 g/mol. The van der Waals surface area contributed by atoms with Crippen LogP contribution in [0.4, 0.5) is 73.6 Å². The minimum absolute atomic E-state index is 0.0743. The quantitative estimate of drug-likeness (QED) is 0.0282. The Bertz CT molecular complexity index is 6650. The summed E-state index contributed by atoms with van der Waals surface area (Å²) in [4.78, 5) is 117. The molecular weight excluding hydrogens is 1890 g/mol. The second-order valence-electron chi connectivity index (χ2n) is 32.2. The molecule has 12 heterocycles. The Morgan fingerprint density at radius 1 is 0.378 bits per heavy atom. The van der Waals surface area contributed by atoms with Crippen molar-refractivity contribution in [3.8, 4) is 69.0 Å². The molecule has 3 aliphatic rings. The van der Waals surface area contributed by atoms with Gasteiger partial charge in [0.2, 0.25) is 17.7 Å². The zero-order valence-corrected chi connectivity index (χ0v) is 77.7.